The van der Waals surface area contributed by atoms with Gasteiger partial charge in [0.15, 0.2) is 11.5 Å². The number of amides is 2. The topological polar surface area (TPSA) is 134 Å². The van der Waals surface area contributed by atoms with Crippen LogP contribution in [0.5, 0.6) is 11.5 Å². The number of aromatic hydroxyl groups is 1. The molecule has 37 heavy (non-hydrogen) atoms. The van der Waals surface area contributed by atoms with E-state index >= 15 is 0 Å². The van der Waals surface area contributed by atoms with Gasteiger partial charge in [-0.05, 0) is 41.7 Å². The number of hydrogen-bond acceptors (Lipinski definition) is 6. The summed E-state index contributed by atoms with van der Waals surface area (Å²) in [4.78, 5) is 35.7. The molecule has 1 atom stereocenters. The van der Waals surface area contributed by atoms with Crippen LogP contribution in [-0.4, -0.2) is 40.8 Å². The minimum absolute atomic E-state index is 0.00969. The smallest absolute Gasteiger partial charge is 0.408 e. The van der Waals surface area contributed by atoms with Crippen molar-refractivity contribution in [1.29, 1.82) is 0 Å². The van der Waals surface area contributed by atoms with E-state index in [9.17, 15) is 24.6 Å². The highest BCUT2D eigenvalue weighted by Gasteiger charge is 2.21. The summed E-state index contributed by atoms with van der Waals surface area (Å²) in [5.41, 5.74) is 2.60. The molecule has 0 spiro atoms. The number of ether oxygens (including phenoxy) is 2. The number of hydrogen-bond donors (Lipinski definition) is 4. The van der Waals surface area contributed by atoms with E-state index in [4.69, 9.17) is 9.47 Å². The normalized spacial score (nSPS) is 11.2. The molecule has 4 N–H and O–H groups in total. The fourth-order valence-electron chi connectivity index (χ4n) is 3.44. The largest absolute Gasteiger partial charge is 0.504 e. The molecule has 0 radical (unpaired) electrons. The summed E-state index contributed by atoms with van der Waals surface area (Å²) in [5.74, 6) is -1.22. The molecule has 0 aliphatic rings. The average molecular weight is 507 g/mol. The lowest BCUT2D eigenvalue weighted by atomic mass is 10.1. The number of benzene rings is 3. The maximum Gasteiger partial charge on any atom is 0.408 e. The Morgan fingerprint density at radius 2 is 1.49 bits per heavy atom. The summed E-state index contributed by atoms with van der Waals surface area (Å²) in [7, 11) is 0. The molecule has 0 saturated heterocycles. The van der Waals surface area contributed by atoms with E-state index in [1.54, 1.807) is 36.4 Å². The van der Waals surface area contributed by atoms with E-state index < -0.39 is 18.1 Å². The summed E-state index contributed by atoms with van der Waals surface area (Å²) in [6.07, 6.45) is -0.552. The Morgan fingerprint density at radius 1 is 0.838 bits per heavy atom. The van der Waals surface area contributed by atoms with Crippen LogP contribution in [0.3, 0.4) is 0 Å². The Balaban J connectivity index is 1.39. The van der Waals surface area contributed by atoms with Crippen molar-refractivity contribution in [1.82, 2.24) is 10.6 Å². The molecular weight excluding hydrogens is 476 g/mol. The van der Waals surface area contributed by atoms with Crippen LogP contribution in [0.4, 0.5) is 4.79 Å². The van der Waals surface area contributed by atoms with Gasteiger partial charge in [0.25, 0.3) is 0 Å². The summed E-state index contributed by atoms with van der Waals surface area (Å²) >= 11 is 0. The maximum atomic E-state index is 12.2. The fraction of sp³-hybridized carbons (Fsp3) is 0.250. The van der Waals surface area contributed by atoms with Gasteiger partial charge in [-0.2, -0.15) is 0 Å². The van der Waals surface area contributed by atoms with Gasteiger partial charge in [-0.25, -0.2) is 9.59 Å². The zero-order chi connectivity index (χ0) is 26.5. The molecule has 0 fully saturated rings. The molecule has 0 aliphatic carbocycles. The molecule has 3 aromatic rings. The second kappa shape index (κ2) is 14.1. The zero-order valence-electron chi connectivity index (χ0n) is 20.3. The second-order valence-electron chi connectivity index (χ2n) is 8.31. The molecule has 0 unspecified atom stereocenters. The molecular formula is C28H30N2O7. The molecule has 0 aliphatic heterocycles. The van der Waals surface area contributed by atoms with Crippen molar-refractivity contribution >= 4 is 18.0 Å². The van der Waals surface area contributed by atoms with Crippen LogP contribution >= 0.6 is 0 Å². The zero-order valence-corrected chi connectivity index (χ0v) is 20.3. The lowest BCUT2D eigenvalue weighted by molar-refractivity contribution is -0.139. The van der Waals surface area contributed by atoms with Crippen LogP contribution in [-0.2, 0) is 34.0 Å². The van der Waals surface area contributed by atoms with Crippen molar-refractivity contribution in [2.24, 2.45) is 0 Å². The molecule has 0 bridgehead atoms. The monoisotopic (exact) mass is 506 g/mol. The predicted molar refractivity (Wildman–Crippen MR) is 136 cm³/mol. The van der Waals surface area contributed by atoms with Crippen molar-refractivity contribution in [3.63, 3.8) is 0 Å². The van der Waals surface area contributed by atoms with E-state index in [1.807, 2.05) is 36.4 Å². The third-order valence-corrected chi connectivity index (χ3v) is 5.46. The van der Waals surface area contributed by atoms with Gasteiger partial charge in [-0.3, -0.25) is 4.79 Å². The van der Waals surface area contributed by atoms with Crippen LogP contribution in [0, 0.1) is 0 Å². The van der Waals surface area contributed by atoms with Crippen molar-refractivity contribution in [2.45, 2.75) is 38.5 Å². The quantitative estimate of drug-likeness (QED) is 0.277. The number of nitrogens with one attached hydrogen (secondary N) is 2. The predicted octanol–water partition coefficient (Wildman–Crippen LogP) is 3.79. The van der Waals surface area contributed by atoms with Crippen LogP contribution in [0.15, 0.2) is 78.9 Å². The number of carbonyl (C=O) groups excluding carboxylic acids is 2. The van der Waals surface area contributed by atoms with E-state index in [0.717, 1.165) is 16.7 Å². The Hall–Kier alpha value is -4.53. The Kier molecular flexibility index (Phi) is 10.3. The number of carboxylic acid groups (broad SMARTS) is 1. The number of rotatable bonds is 13. The highest BCUT2D eigenvalue weighted by molar-refractivity contribution is 5.81. The van der Waals surface area contributed by atoms with E-state index in [0.29, 0.717) is 25.3 Å². The van der Waals surface area contributed by atoms with Crippen molar-refractivity contribution in [3.8, 4) is 11.5 Å². The molecule has 3 aromatic carbocycles. The first kappa shape index (κ1) is 27.1. The number of phenolic OH excluding ortho intramolecular Hbond substituents is 1. The van der Waals surface area contributed by atoms with Gasteiger partial charge in [0, 0.05) is 13.0 Å². The summed E-state index contributed by atoms with van der Waals surface area (Å²) in [6, 6.07) is 22.3. The summed E-state index contributed by atoms with van der Waals surface area (Å²) < 4.78 is 10.8. The van der Waals surface area contributed by atoms with Gasteiger partial charge >= 0.3 is 12.1 Å². The SMILES string of the molecule is O=C(CC[C@H](NC(=O)OCc1ccccc1)C(=O)O)NCCc1ccc(O)c(OCc2ccccc2)c1. The number of phenols is 1. The minimum Gasteiger partial charge on any atom is -0.504 e. The lowest BCUT2D eigenvalue weighted by Gasteiger charge is -2.15. The third kappa shape index (κ3) is 9.56. The lowest BCUT2D eigenvalue weighted by Crippen LogP contribution is -2.42. The molecule has 0 aromatic heterocycles. The van der Waals surface area contributed by atoms with Crippen molar-refractivity contribution in [2.75, 3.05) is 6.54 Å². The van der Waals surface area contributed by atoms with Gasteiger partial charge in [-0.1, -0.05) is 66.7 Å². The van der Waals surface area contributed by atoms with E-state index in [1.165, 1.54) is 6.07 Å². The standard InChI is InChI=1S/C28H30N2O7/c31-24-13-11-20(17-25(24)36-18-21-7-3-1-4-8-21)15-16-29-26(32)14-12-23(27(33)34)30-28(35)37-19-22-9-5-2-6-10-22/h1-11,13,17,23,31H,12,14-16,18-19H2,(H,29,32)(H,30,35)(H,33,34)/t23-/m0/s1. The number of carbonyl (C=O) groups is 3. The highest BCUT2D eigenvalue weighted by Crippen LogP contribution is 2.27. The first-order chi connectivity index (χ1) is 17.9. The molecule has 0 heterocycles. The van der Waals surface area contributed by atoms with Gasteiger partial charge in [0.2, 0.25) is 5.91 Å². The van der Waals surface area contributed by atoms with Gasteiger partial charge in [-0.15, -0.1) is 0 Å². The minimum atomic E-state index is -1.25. The van der Waals surface area contributed by atoms with Crippen LogP contribution in [0.25, 0.3) is 0 Å². The fourth-order valence-corrected chi connectivity index (χ4v) is 3.44. The number of carboxylic acids is 1. The van der Waals surface area contributed by atoms with Gasteiger partial charge < -0.3 is 30.3 Å². The van der Waals surface area contributed by atoms with Gasteiger partial charge in [0.1, 0.15) is 19.3 Å². The highest BCUT2D eigenvalue weighted by atomic mass is 16.5. The first-order valence-corrected chi connectivity index (χ1v) is 11.9. The molecule has 9 nitrogen and oxygen atoms in total. The third-order valence-electron chi connectivity index (χ3n) is 5.46. The molecule has 194 valence electrons. The van der Waals surface area contributed by atoms with Crippen LogP contribution in [0.1, 0.15) is 29.5 Å². The maximum absolute atomic E-state index is 12.2. The molecule has 0 saturated carbocycles. The van der Waals surface area contributed by atoms with Crippen LogP contribution in [0.2, 0.25) is 0 Å². The molecule has 2 amide bonds. The van der Waals surface area contributed by atoms with Crippen molar-refractivity contribution < 1.29 is 34.1 Å². The number of aliphatic carboxylic acids is 1. The van der Waals surface area contributed by atoms with Gasteiger partial charge in [0.05, 0.1) is 0 Å². The van der Waals surface area contributed by atoms with Crippen molar-refractivity contribution in [3.05, 3.63) is 95.6 Å². The summed E-state index contributed by atoms with van der Waals surface area (Å²) in [5, 5.41) is 24.5. The Labute approximate surface area is 215 Å². The Morgan fingerprint density at radius 3 is 2.14 bits per heavy atom. The molecule has 9 heteroatoms. The van der Waals surface area contributed by atoms with E-state index in [-0.39, 0.29) is 31.1 Å². The average Bonchev–Trinajstić information content (AvgIpc) is 2.91. The van der Waals surface area contributed by atoms with E-state index in [2.05, 4.69) is 10.6 Å². The molecule has 3 rings (SSSR count). The van der Waals surface area contributed by atoms with Crippen LogP contribution < -0.4 is 15.4 Å². The Bertz CT molecular complexity index is 1170. The summed E-state index contributed by atoms with van der Waals surface area (Å²) in [6.45, 7) is 0.634. The number of alkyl carbamates (subject to hydrolysis) is 1. The first-order valence-electron chi connectivity index (χ1n) is 11.9. The second-order valence-corrected chi connectivity index (χ2v) is 8.31.